The van der Waals surface area contributed by atoms with Crippen LogP contribution in [0.3, 0.4) is 0 Å². The van der Waals surface area contributed by atoms with Crippen LogP contribution in [0.4, 0.5) is 4.79 Å². The molecule has 0 N–H and O–H groups in total. The third-order valence-corrected chi connectivity index (χ3v) is 5.07. The summed E-state index contributed by atoms with van der Waals surface area (Å²) in [6, 6.07) is 0. The molecule has 1 aliphatic heterocycles. The summed E-state index contributed by atoms with van der Waals surface area (Å²) >= 11 is 3.60. The van der Waals surface area contributed by atoms with Gasteiger partial charge in [0.2, 0.25) is 0 Å². The maximum absolute atomic E-state index is 12.2. The minimum atomic E-state index is -0.460. The zero-order chi connectivity index (χ0) is 17.7. The Hall–Kier alpha value is -0.330. The zero-order valence-corrected chi connectivity index (χ0v) is 16.9. The molecule has 1 saturated heterocycles. The molecule has 1 unspecified atom stereocenters. The van der Waals surface area contributed by atoms with Crippen molar-refractivity contribution in [1.29, 1.82) is 0 Å². The lowest BCUT2D eigenvalue weighted by Crippen LogP contribution is -2.52. The number of carbonyl (C=O) groups excluding carboxylic acids is 1. The van der Waals surface area contributed by atoms with E-state index in [2.05, 4.69) is 29.8 Å². The predicted octanol–water partition coefficient (Wildman–Crippen LogP) is 3.84. The second kappa shape index (κ2) is 8.67. The van der Waals surface area contributed by atoms with Crippen LogP contribution >= 0.6 is 15.9 Å². The van der Waals surface area contributed by atoms with Crippen molar-refractivity contribution in [2.45, 2.75) is 64.8 Å². The fourth-order valence-corrected chi connectivity index (χ4v) is 3.25. The normalized spacial score (nSPS) is 19.7. The number of hydrogen-bond donors (Lipinski definition) is 0. The molecule has 1 fully saturated rings. The van der Waals surface area contributed by atoms with E-state index in [1.54, 1.807) is 12.0 Å². The van der Waals surface area contributed by atoms with E-state index in [1.165, 1.54) is 0 Å². The van der Waals surface area contributed by atoms with Gasteiger partial charge in [0.05, 0.1) is 18.3 Å². The van der Waals surface area contributed by atoms with Crippen LogP contribution in [-0.2, 0) is 14.2 Å². The van der Waals surface area contributed by atoms with Crippen molar-refractivity contribution in [3.8, 4) is 0 Å². The van der Waals surface area contributed by atoms with Crippen LogP contribution in [0.25, 0.3) is 0 Å². The van der Waals surface area contributed by atoms with Crippen molar-refractivity contribution in [3.63, 3.8) is 0 Å². The Morgan fingerprint density at radius 2 is 1.83 bits per heavy atom. The van der Waals surface area contributed by atoms with Crippen LogP contribution in [0.15, 0.2) is 0 Å². The zero-order valence-electron chi connectivity index (χ0n) is 15.4. The van der Waals surface area contributed by atoms with Gasteiger partial charge in [-0.3, -0.25) is 0 Å². The molecule has 0 spiro atoms. The summed E-state index contributed by atoms with van der Waals surface area (Å²) in [5, 5.41) is 0.759. The number of likely N-dealkylation sites (tertiary alicyclic amines) is 1. The summed E-state index contributed by atoms with van der Waals surface area (Å²) in [7, 11) is 1.70. The number of methoxy groups -OCH3 is 1. The molecular weight excluding hydrogens is 362 g/mol. The summed E-state index contributed by atoms with van der Waals surface area (Å²) in [6.45, 7) is 11.8. The Labute approximate surface area is 149 Å². The van der Waals surface area contributed by atoms with E-state index in [-0.39, 0.29) is 17.8 Å². The van der Waals surface area contributed by atoms with Crippen LogP contribution in [0.1, 0.15) is 47.5 Å². The second-order valence-corrected chi connectivity index (χ2v) is 8.20. The number of carbonyl (C=O) groups is 1. The minimum Gasteiger partial charge on any atom is -0.444 e. The lowest BCUT2D eigenvalue weighted by molar-refractivity contribution is -0.139. The van der Waals surface area contributed by atoms with Crippen LogP contribution in [0.2, 0.25) is 0 Å². The summed E-state index contributed by atoms with van der Waals surface area (Å²) in [6.07, 6.45) is 1.41. The highest BCUT2D eigenvalue weighted by molar-refractivity contribution is 9.09. The Morgan fingerprint density at radius 1 is 1.26 bits per heavy atom. The minimum absolute atomic E-state index is 0.0608. The van der Waals surface area contributed by atoms with Gasteiger partial charge in [-0.2, -0.15) is 0 Å². The Morgan fingerprint density at radius 3 is 2.22 bits per heavy atom. The topological polar surface area (TPSA) is 48.0 Å². The van der Waals surface area contributed by atoms with Crippen LogP contribution < -0.4 is 0 Å². The molecule has 6 heteroatoms. The van der Waals surface area contributed by atoms with Gasteiger partial charge in [0, 0.05) is 25.5 Å². The number of ether oxygens (including phenoxy) is 3. The third kappa shape index (κ3) is 6.59. The summed E-state index contributed by atoms with van der Waals surface area (Å²) in [5.74, 6) is 0.384. The molecule has 1 rings (SSSR count). The number of halogens is 1. The first-order valence-corrected chi connectivity index (χ1v) is 9.45. The number of alkyl halides is 1. The predicted molar refractivity (Wildman–Crippen MR) is 95.2 cm³/mol. The van der Waals surface area contributed by atoms with Gasteiger partial charge in [-0.05, 0) is 39.5 Å². The number of hydrogen-bond acceptors (Lipinski definition) is 4. The monoisotopic (exact) mass is 393 g/mol. The first-order chi connectivity index (χ1) is 10.6. The molecule has 136 valence electrons. The number of nitrogens with zero attached hydrogens (tertiary/aromatic N) is 1. The van der Waals surface area contributed by atoms with E-state index in [0.29, 0.717) is 25.6 Å². The number of amides is 1. The van der Waals surface area contributed by atoms with Crippen molar-refractivity contribution in [3.05, 3.63) is 0 Å². The summed E-state index contributed by atoms with van der Waals surface area (Å²) in [4.78, 5) is 14.0. The van der Waals surface area contributed by atoms with Gasteiger partial charge >= 0.3 is 6.09 Å². The van der Waals surface area contributed by atoms with Gasteiger partial charge in [-0.15, -0.1) is 0 Å². The molecule has 0 bridgehead atoms. The lowest BCUT2D eigenvalue weighted by Gasteiger charge is -2.43. The number of rotatable bonds is 6. The lowest BCUT2D eigenvalue weighted by atomic mass is 9.92. The summed E-state index contributed by atoms with van der Waals surface area (Å²) in [5.41, 5.74) is -0.704. The van der Waals surface area contributed by atoms with E-state index in [1.807, 2.05) is 20.8 Å². The number of piperidine rings is 1. The van der Waals surface area contributed by atoms with E-state index >= 15 is 0 Å². The van der Waals surface area contributed by atoms with Crippen molar-refractivity contribution in [1.82, 2.24) is 4.90 Å². The largest absolute Gasteiger partial charge is 0.444 e. The molecule has 1 heterocycles. The van der Waals surface area contributed by atoms with Crippen molar-refractivity contribution in [2.75, 3.05) is 32.1 Å². The molecule has 0 saturated carbocycles. The molecule has 1 amide bonds. The molecule has 0 aromatic rings. The Balaban J connectivity index is 2.63. The van der Waals surface area contributed by atoms with Gasteiger partial charge in [-0.1, -0.05) is 29.8 Å². The van der Waals surface area contributed by atoms with Crippen molar-refractivity contribution in [2.24, 2.45) is 5.92 Å². The maximum atomic E-state index is 12.2. The van der Waals surface area contributed by atoms with Gasteiger partial charge in [0.15, 0.2) is 0 Å². The quantitative estimate of drug-likeness (QED) is 0.643. The van der Waals surface area contributed by atoms with Crippen molar-refractivity contribution < 1.29 is 19.0 Å². The van der Waals surface area contributed by atoms with Gasteiger partial charge < -0.3 is 19.1 Å². The molecule has 0 aromatic heterocycles. The molecular formula is C17H32BrNO4. The van der Waals surface area contributed by atoms with E-state index in [4.69, 9.17) is 14.2 Å². The Kier molecular flexibility index (Phi) is 7.81. The highest BCUT2D eigenvalue weighted by atomic mass is 79.9. The third-order valence-electron chi connectivity index (χ3n) is 4.05. The van der Waals surface area contributed by atoms with E-state index in [0.717, 1.165) is 18.2 Å². The average molecular weight is 394 g/mol. The molecule has 5 nitrogen and oxygen atoms in total. The van der Waals surface area contributed by atoms with E-state index in [9.17, 15) is 4.79 Å². The molecule has 1 atom stereocenters. The SMILES string of the molecule is COCC(OC1(CBr)CCN(C(=O)OC(C)(C)C)CC1)C(C)C. The van der Waals surface area contributed by atoms with Gasteiger partial charge in [0.25, 0.3) is 0 Å². The van der Waals surface area contributed by atoms with Crippen LogP contribution in [-0.4, -0.2) is 60.4 Å². The first-order valence-electron chi connectivity index (χ1n) is 8.33. The molecule has 0 radical (unpaired) electrons. The highest BCUT2D eigenvalue weighted by Crippen LogP contribution is 2.32. The van der Waals surface area contributed by atoms with Crippen LogP contribution in [0, 0.1) is 5.92 Å². The van der Waals surface area contributed by atoms with Gasteiger partial charge in [-0.25, -0.2) is 4.79 Å². The fourth-order valence-electron chi connectivity index (χ4n) is 2.55. The fraction of sp³-hybridized carbons (Fsp3) is 0.941. The molecule has 1 aliphatic rings. The first kappa shape index (κ1) is 20.7. The molecule has 0 aliphatic carbocycles. The average Bonchev–Trinajstić information content (AvgIpc) is 2.45. The summed E-state index contributed by atoms with van der Waals surface area (Å²) < 4.78 is 17.1. The van der Waals surface area contributed by atoms with E-state index < -0.39 is 5.60 Å². The molecule has 0 aromatic carbocycles. The standard InChI is InChI=1S/C17H32BrNO4/c1-13(2)14(11-21-6)22-17(12-18)7-9-19(10-8-17)15(20)23-16(3,4)5/h13-14H,7-12H2,1-6H3. The van der Waals surface area contributed by atoms with Gasteiger partial charge in [0.1, 0.15) is 5.60 Å². The highest BCUT2D eigenvalue weighted by Gasteiger charge is 2.39. The Bertz CT molecular complexity index is 373. The van der Waals surface area contributed by atoms with Crippen LogP contribution in [0.5, 0.6) is 0 Å². The van der Waals surface area contributed by atoms with Crippen molar-refractivity contribution >= 4 is 22.0 Å². The smallest absolute Gasteiger partial charge is 0.410 e. The second-order valence-electron chi connectivity index (χ2n) is 7.64. The maximum Gasteiger partial charge on any atom is 0.410 e. The molecule has 23 heavy (non-hydrogen) atoms.